The molecule has 0 unspecified atom stereocenters. The molecule has 0 aliphatic rings. The summed E-state index contributed by atoms with van der Waals surface area (Å²) in [5, 5.41) is 20.3. The third-order valence-corrected chi connectivity index (χ3v) is 5.05. The normalized spacial score (nSPS) is 15.5. The van der Waals surface area contributed by atoms with Crippen molar-refractivity contribution in [2.75, 3.05) is 0 Å². The van der Waals surface area contributed by atoms with Crippen molar-refractivity contribution in [2.24, 2.45) is 0 Å². The Labute approximate surface area is 157 Å². The lowest BCUT2D eigenvalue weighted by Crippen LogP contribution is -2.21. The molecular formula is C18H16I2O2. The Balaban J connectivity index is 2.11. The largest absolute Gasteiger partial charge is 0.386 e. The second-order valence-electron chi connectivity index (χ2n) is 4.74. The van der Waals surface area contributed by atoms with Crippen LogP contribution in [-0.2, 0) is 0 Å². The molecule has 2 aromatic rings. The molecule has 2 nitrogen and oxygen atoms in total. The predicted octanol–water partition coefficient (Wildman–Crippen LogP) is 4.66. The van der Waals surface area contributed by atoms with Crippen LogP contribution in [-0.4, -0.2) is 22.4 Å². The van der Waals surface area contributed by atoms with Gasteiger partial charge in [0.15, 0.2) is 0 Å². The molecule has 0 amide bonds. The summed E-state index contributed by atoms with van der Waals surface area (Å²) in [6.45, 7) is 0. The van der Waals surface area contributed by atoms with Gasteiger partial charge in [-0.1, -0.05) is 60.7 Å². The lowest BCUT2D eigenvalue weighted by molar-refractivity contribution is 0.0818. The van der Waals surface area contributed by atoms with Gasteiger partial charge in [0.25, 0.3) is 0 Å². The Hall–Kier alpha value is -0.700. The van der Waals surface area contributed by atoms with Gasteiger partial charge in [-0.05, 0) is 68.5 Å². The fraction of sp³-hybridized carbons (Fsp3) is 0.111. The molecule has 114 valence electrons. The van der Waals surface area contributed by atoms with Gasteiger partial charge in [0.05, 0.1) is 0 Å². The minimum Gasteiger partial charge on any atom is -0.386 e. The van der Waals surface area contributed by atoms with E-state index in [4.69, 9.17) is 0 Å². The Morgan fingerprint density at radius 3 is 1.32 bits per heavy atom. The highest BCUT2D eigenvalue weighted by Gasteiger charge is 2.13. The lowest BCUT2D eigenvalue weighted by atomic mass is 10.1. The van der Waals surface area contributed by atoms with Crippen LogP contribution in [0.3, 0.4) is 0 Å². The third kappa shape index (κ3) is 5.19. The van der Waals surface area contributed by atoms with Gasteiger partial charge in [-0.2, -0.15) is 0 Å². The Kier molecular flexibility index (Phi) is 7.07. The first-order valence-corrected chi connectivity index (χ1v) is 8.95. The van der Waals surface area contributed by atoms with Gasteiger partial charge in [-0.3, -0.25) is 0 Å². The first kappa shape index (κ1) is 17.7. The summed E-state index contributed by atoms with van der Waals surface area (Å²) >= 11 is 4.34. The highest BCUT2D eigenvalue weighted by Crippen LogP contribution is 2.25. The van der Waals surface area contributed by atoms with Gasteiger partial charge in [-0.25, -0.2) is 0 Å². The molecular weight excluding hydrogens is 502 g/mol. The summed E-state index contributed by atoms with van der Waals surface area (Å²) < 4.78 is 1.82. The fourth-order valence-corrected chi connectivity index (χ4v) is 3.34. The lowest BCUT2D eigenvalue weighted by Gasteiger charge is -2.13. The van der Waals surface area contributed by atoms with Crippen molar-refractivity contribution in [3.63, 3.8) is 0 Å². The SMILES string of the molecule is O[C@H](/C=C(\I)c1ccccc1)[C@H](O)/C=C(\I)c1ccccc1. The van der Waals surface area contributed by atoms with Crippen molar-refractivity contribution in [2.45, 2.75) is 12.2 Å². The summed E-state index contributed by atoms with van der Waals surface area (Å²) in [6.07, 6.45) is 1.46. The molecule has 0 heterocycles. The monoisotopic (exact) mass is 518 g/mol. The van der Waals surface area contributed by atoms with E-state index in [1.165, 1.54) is 0 Å². The summed E-state index contributed by atoms with van der Waals surface area (Å²) in [6, 6.07) is 19.6. The molecule has 22 heavy (non-hydrogen) atoms. The van der Waals surface area contributed by atoms with Crippen molar-refractivity contribution >= 4 is 52.3 Å². The van der Waals surface area contributed by atoms with Crippen LogP contribution in [0.15, 0.2) is 72.8 Å². The van der Waals surface area contributed by atoms with Crippen molar-refractivity contribution in [3.05, 3.63) is 83.9 Å². The van der Waals surface area contributed by atoms with E-state index in [9.17, 15) is 10.2 Å². The zero-order valence-electron chi connectivity index (χ0n) is 11.7. The fourth-order valence-electron chi connectivity index (χ4n) is 1.88. The van der Waals surface area contributed by atoms with Crippen LogP contribution in [0.5, 0.6) is 0 Å². The minimum atomic E-state index is -0.944. The maximum absolute atomic E-state index is 10.2. The second kappa shape index (κ2) is 8.81. The summed E-state index contributed by atoms with van der Waals surface area (Å²) in [5.74, 6) is 0. The average Bonchev–Trinajstić information content (AvgIpc) is 2.56. The van der Waals surface area contributed by atoms with E-state index in [1.807, 2.05) is 60.7 Å². The number of rotatable bonds is 5. The van der Waals surface area contributed by atoms with Gasteiger partial charge < -0.3 is 10.2 Å². The number of hydrogen-bond donors (Lipinski definition) is 2. The molecule has 0 bridgehead atoms. The van der Waals surface area contributed by atoms with Gasteiger partial charge in [0.1, 0.15) is 12.2 Å². The van der Waals surface area contributed by atoms with Crippen molar-refractivity contribution in [1.29, 1.82) is 0 Å². The zero-order valence-corrected chi connectivity index (χ0v) is 16.0. The van der Waals surface area contributed by atoms with Crippen LogP contribution in [0.4, 0.5) is 0 Å². The maximum atomic E-state index is 10.2. The third-order valence-electron chi connectivity index (χ3n) is 3.08. The van der Waals surface area contributed by atoms with Crippen LogP contribution in [0, 0.1) is 0 Å². The molecule has 2 atom stereocenters. The van der Waals surface area contributed by atoms with Crippen molar-refractivity contribution in [3.8, 4) is 0 Å². The molecule has 4 heteroatoms. The van der Waals surface area contributed by atoms with E-state index in [-0.39, 0.29) is 0 Å². The van der Waals surface area contributed by atoms with Gasteiger partial charge >= 0.3 is 0 Å². The van der Waals surface area contributed by atoms with Crippen LogP contribution in [0.1, 0.15) is 11.1 Å². The molecule has 0 aromatic heterocycles. The first-order chi connectivity index (χ1) is 10.6. The topological polar surface area (TPSA) is 40.5 Å². The van der Waals surface area contributed by atoms with Crippen LogP contribution in [0.2, 0.25) is 0 Å². The van der Waals surface area contributed by atoms with E-state index in [1.54, 1.807) is 12.2 Å². The van der Waals surface area contributed by atoms with Crippen LogP contribution in [0.25, 0.3) is 7.16 Å². The summed E-state index contributed by atoms with van der Waals surface area (Å²) in [5.41, 5.74) is 2.05. The smallest absolute Gasteiger partial charge is 0.103 e. The molecule has 0 spiro atoms. The Bertz CT molecular complexity index is 592. The second-order valence-corrected chi connectivity index (χ2v) is 7.07. The molecule has 2 N–H and O–H groups in total. The molecule has 0 fully saturated rings. The number of halogens is 2. The van der Waals surface area contributed by atoms with Crippen LogP contribution < -0.4 is 0 Å². The number of benzene rings is 2. The highest BCUT2D eigenvalue weighted by atomic mass is 127. The summed E-state index contributed by atoms with van der Waals surface area (Å²) in [4.78, 5) is 0. The minimum absolute atomic E-state index is 0.910. The van der Waals surface area contributed by atoms with E-state index < -0.39 is 12.2 Å². The average molecular weight is 518 g/mol. The molecule has 0 radical (unpaired) electrons. The maximum Gasteiger partial charge on any atom is 0.103 e. The van der Waals surface area contributed by atoms with Gasteiger partial charge in [-0.15, -0.1) is 0 Å². The standard InChI is InChI=1S/C18H16I2O2/c19-15(13-7-3-1-4-8-13)11-17(21)18(22)12-16(20)14-9-5-2-6-10-14/h1-12,17-18,21-22H/b15-11-,16-12-/t17-,18-/m1/s1. The zero-order chi connectivity index (χ0) is 15.9. The summed E-state index contributed by atoms with van der Waals surface area (Å²) in [7, 11) is 0. The molecule has 2 rings (SSSR count). The number of aliphatic hydroxyl groups excluding tert-OH is 2. The molecule has 0 aliphatic heterocycles. The predicted molar refractivity (Wildman–Crippen MR) is 109 cm³/mol. The van der Waals surface area contributed by atoms with E-state index in [0.717, 1.165) is 18.3 Å². The molecule has 0 saturated carbocycles. The van der Waals surface area contributed by atoms with Gasteiger partial charge in [0.2, 0.25) is 0 Å². The highest BCUT2D eigenvalue weighted by molar-refractivity contribution is 14.1. The van der Waals surface area contributed by atoms with E-state index >= 15 is 0 Å². The first-order valence-electron chi connectivity index (χ1n) is 6.79. The number of hydrogen-bond acceptors (Lipinski definition) is 2. The quantitative estimate of drug-likeness (QED) is 0.566. The Morgan fingerprint density at radius 2 is 1.00 bits per heavy atom. The van der Waals surface area contributed by atoms with Crippen molar-refractivity contribution in [1.82, 2.24) is 0 Å². The Morgan fingerprint density at radius 1 is 0.682 bits per heavy atom. The van der Waals surface area contributed by atoms with E-state index in [0.29, 0.717) is 0 Å². The van der Waals surface area contributed by atoms with Crippen molar-refractivity contribution < 1.29 is 10.2 Å². The number of aliphatic hydroxyl groups is 2. The van der Waals surface area contributed by atoms with Crippen LogP contribution >= 0.6 is 45.2 Å². The molecule has 0 aliphatic carbocycles. The van der Waals surface area contributed by atoms with Gasteiger partial charge in [0, 0.05) is 7.16 Å². The molecule has 2 aromatic carbocycles. The molecule has 0 saturated heterocycles. The van der Waals surface area contributed by atoms with E-state index in [2.05, 4.69) is 45.2 Å².